The molecule has 2 rings (SSSR count). The molecule has 0 radical (unpaired) electrons. The number of hydrogen-bond donors (Lipinski definition) is 1. The lowest BCUT2D eigenvalue weighted by molar-refractivity contribution is -0.118. The molecule has 1 N–H and O–H groups in total. The van der Waals surface area contributed by atoms with Crippen LogP contribution < -0.4 is 10.1 Å². The zero-order valence-corrected chi connectivity index (χ0v) is 13.6. The molecular formula is C19H20N2O2. The number of nitrogens with one attached hydrogen (secondary N) is 1. The van der Waals surface area contributed by atoms with Crippen LogP contribution in [0.4, 0.5) is 5.69 Å². The molecule has 1 amide bonds. The number of carbonyl (C=O) groups excluding carboxylic acids is 1. The van der Waals surface area contributed by atoms with Gasteiger partial charge in [0.1, 0.15) is 11.7 Å². The van der Waals surface area contributed by atoms with Crippen LogP contribution in [0.1, 0.15) is 16.7 Å². The maximum atomic E-state index is 12.4. The summed E-state index contributed by atoms with van der Waals surface area (Å²) in [5, 5.41) is 12.2. The van der Waals surface area contributed by atoms with E-state index in [-0.39, 0.29) is 5.91 Å². The highest BCUT2D eigenvalue weighted by atomic mass is 16.5. The minimum atomic E-state index is -0.733. The molecule has 0 saturated carbocycles. The molecule has 0 aliphatic rings. The van der Waals surface area contributed by atoms with E-state index in [9.17, 15) is 10.1 Å². The number of nitrogens with zero attached hydrogens (tertiary/aromatic N) is 1. The van der Waals surface area contributed by atoms with Crippen molar-refractivity contribution in [1.82, 2.24) is 0 Å². The lowest BCUT2D eigenvalue weighted by Gasteiger charge is -2.13. The number of hydrogen-bond acceptors (Lipinski definition) is 3. The molecule has 1 atom stereocenters. The Labute approximate surface area is 136 Å². The van der Waals surface area contributed by atoms with Gasteiger partial charge in [-0.05, 0) is 55.2 Å². The minimum Gasteiger partial charge on any atom is -0.497 e. The Kier molecular flexibility index (Phi) is 5.37. The van der Waals surface area contributed by atoms with E-state index in [0.717, 1.165) is 28.1 Å². The van der Waals surface area contributed by atoms with Gasteiger partial charge in [-0.2, -0.15) is 5.26 Å². The minimum absolute atomic E-state index is 0.281. The zero-order chi connectivity index (χ0) is 16.8. The first-order chi connectivity index (χ1) is 11.0. The zero-order valence-electron chi connectivity index (χ0n) is 13.6. The highest BCUT2D eigenvalue weighted by Crippen LogP contribution is 2.20. The van der Waals surface area contributed by atoms with Crippen LogP contribution in [0.3, 0.4) is 0 Å². The first-order valence-corrected chi connectivity index (χ1v) is 7.44. The van der Waals surface area contributed by atoms with Crippen molar-refractivity contribution in [3.63, 3.8) is 0 Å². The van der Waals surface area contributed by atoms with Gasteiger partial charge in [-0.3, -0.25) is 4.79 Å². The van der Waals surface area contributed by atoms with Crippen LogP contribution in [0.5, 0.6) is 5.75 Å². The topological polar surface area (TPSA) is 62.1 Å². The van der Waals surface area contributed by atoms with Crippen LogP contribution >= 0.6 is 0 Å². The average Bonchev–Trinajstić information content (AvgIpc) is 2.57. The summed E-state index contributed by atoms with van der Waals surface area (Å²) in [5.41, 5.74) is 3.80. The van der Waals surface area contributed by atoms with Crippen molar-refractivity contribution in [1.29, 1.82) is 5.26 Å². The van der Waals surface area contributed by atoms with E-state index in [1.54, 1.807) is 7.11 Å². The average molecular weight is 308 g/mol. The van der Waals surface area contributed by atoms with Gasteiger partial charge in [0.2, 0.25) is 5.91 Å². The number of ether oxygens (including phenoxy) is 1. The van der Waals surface area contributed by atoms with Crippen molar-refractivity contribution in [3.05, 3.63) is 59.2 Å². The predicted octanol–water partition coefficient (Wildman–Crippen LogP) is 3.63. The highest BCUT2D eigenvalue weighted by Gasteiger charge is 2.19. The summed E-state index contributed by atoms with van der Waals surface area (Å²) in [7, 11) is 1.60. The van der Waals surface area contributed by atoms with Crippen LogP contribution in [0.2, 0.25) is 0 Å². The second-order valence-corrected chi connectivity index (χ2v) is 5.47. The number of nitriles is 1. The summed E-state index contributed by atoms with van der Waals surface area (Å²) < 4.78 is 5.11. The smallest absolute Gasteiger partial charge is 0.242 e. The molecule has 118 valence electrons. The Bertz CT molecular complexity index is 730. The number of methoxy groups -OCH3 is 1. The van der Waals surface area contributed by atoms with E-state index in [4.69, 9.17) is 4.74 Å². The number of anilines is 1. The van der Waals surface area contributed by atoms with Crippen molar-refractivity contribution in [2.45, 2.75) is 20.3 Å². The Morgan fingerprint density at radius 3 is 2.52 bits per heavy atom. The fourth-order valence-corrected chi connectivity index (χ4v) is 2.30. The molecule has 0 fully saturated rings. The number of amides is 1. The molecule has 0 aliphatic carbocycles. The first-order valence-electron chi connectivity index (χ1n) is 7.44. The largest absolute Gasteiger partial charge is 0.497 e. The van der Waals surface area contributed by atoms with Gasteiger partial charge in [0.25, 0.3) is 0 Å². The van der Waals surface area contributed by atoms with E-state index in [2.05, 4.69) is 11.4 Å². The van der Waals surface area contributed by atoms with Gasteiger partial charge in [0, 0.05) is 5.69 Å². The van der Waals surface area contributed by atoms with Crippen LogP contribution in [0, 0.1) is 31.1 Å². The fourth-order valence-electron chi connectivity index (χ4n) is 2.30. The van der Waals surface area contributed by atoms with E-state index in [1.807, 2.05) is 56.3 Å². The molecule has 2 aromatic rings. The number of rotatable bonds is 5. The molecule has 0 heterocycles. The Balaban J connectivity index is 2.09. The molecule has 0 aromatic heterocycles. The molecule has 2 aromatic carbocycles. The number of carbonyl (C=O) groups is 1. The molecule has 0 aliphatic heterocycles. The Morgan fingerprint density at radius 1 is 1.22 bits per heavy atom. The van der Waals surface area contributed by atoms with Crippen LogP contribution in [-0.2, 0) is 11.2 Å². The number of benzene rings is 2. The third-order valence-corrected chi connectivity index (χ3v) is 3.93. The predicted molar refractivity (Wildman–Crippen MR) is 90.3 cm³/mol. The van der Waals surface area contributed by atoms with Crippen molar-refractivity contribution in [2.75, 3.05) is 12.4 Å². The highest BCUT2D eigenvalue weighted by molar-refractivity contribution is 5.95. The summed E-state index contributed by atoms with van der Waals surface area (Å²) in [5.74, 6) is -0.262. The molecule has 4 nitrogen and oxygen atoms in total. The molecule has 23 heavy (non-hydrogen) atoms. The Morgan fingerprint density at radius 2 is 1.91 bits per heavy atom. The van der Waals surface area contributed by atoms with Gasteiger partial charge >= 0.3 is 0 Å². The van der Waals surface area contributed by atoms with Crippen molar-refractivity contribution >= 4 is 11.6 Å². The molecule has 0 unspecified atom stereocenters. The molecular weight excluding hydrogens is 288 g/mol. The van der Waals surface area contributed by atoms with E-state index in [1.165, 1.54) is 0 Å². The van der Waals surface area contributed by atoms with E-state index in [0.29, 0.717) is 6.42 Å². The van der Waals surface area contributed by atoms with Gasteiger partial charge < -0.3 is 10.1 Å². The third-order valence-electron chi connectivity index (χ3n) is 3.93. The van der Waals surface area contributed by atoms with E-state index < -0.39 is 5.92 Å². The maximum Gasteiger partial charge on any atom is 0.242 e. The number of aryl methyl sites for hydroxylation is 1. The van der Waals surface area contributed by atoms with Gasteiger partial charge in [-0.15, -0.1) is 0 Å². The van der Waals surface area contributed by atoms with Crippen LogP contribution in [0.25, 0.3) is 0 Å². The summed E-state index contributed by atoms with van der Waals surface area (Å²) >= 11 is 0. The van der Waals surface area contributed by atoms with Crippen molar-refractivity contribution in [3.8, 4) is 11.8 Å². The van der Waals surface area contributed by atoms with Gasteiger partial charge in [-0.25, -0.2) is 0 Å². The standard InChI is InChI=1S/C19H20N2O2/c1-13-5-4-6-18(14(13)2)21-19(22)16(12-20)11-15-7-9-17(23-3)10-8-15/h4-10,16H,11H2,1-3H3,(H,21,22)/t16-/m0/s1. The molecule has 4 heteroatoms. The SMILES string of the molecule is COc1ccc(C[C@@H](C#N)C(=O)Nc2cccc(C)c2C)cc1. The second kappa shape index (κ2) is 7.46. The molecule has 0 saturated heterocycles. The summed E-state index contributed by atoms with van der Waals surface area (Å²) in [4.78, 5) is 12.4. The summed E-state index contributed by atoms with van der Waals surface area (Å²) in [6.45, 7) is 3.94. The lowest BCUT2D eigenvalue weighted by atomic mass is 9.99. The van der Waals surface area contributed by atoms with Gasteiger partial charge in [0.15, 0.2) is 0 Å². The van der Waals surface area contributed by atoms with Crippen molar-refractivity contribution < 1.29 is 9.53 Å². The van der Waals surface area contributed by atoms with Gasteiger partial charge in [-0.1, -0.05) is 24.3 Å². The monoisotopic (exact) mass is 308 g/mol. The molecule has 0 bridgehead atoms. The summed E-state index contributed by atoms with van der Waals surface area (Å²) in [6, 6.07) is 15.2. The second-order valence-electron chi connectivity index (χ2n) is 5.47. The fraction of sp³-hybridized carbons (Fsp3) is 0.263. The van der Waals surface area contributed by atoms with Crippen molar-refractivity contribution in [2.24, 2.45) is 5.92 Å². The first kappa shape index (κ1) is 16.6. The van der Waals surface area contributed by atoms with Crippen LogP contribution in [0.15, 0.2) is 42.5 Å². The van der Waals surface area contributed by atoms with Crippen LogP contribution in [-0.4, -0.2) is 13.0 Å². The van der Waals surface area contributed by atoms with E-state index >= 15 is 0 Å². The third kappa shape index (κ3) is 4.10. The van der Waals surface area contributed by atoms with Gasteiger partial charge in [0.05, 0.1) is 13.2 Å². The maximum absolute atomic E-state index is 12.4. The lowest BCUT2D eigenvalue weighted by Crippen LogP contribution is -2.24. The quantitative estimate of drug-likeness (QED) is 0.917. The Hall–Kier alpha value is -2.80. The summed E-state index contributed by atoms with van der Waals surface area (Å²) in [6.07, 6.45) is 0.372. The molecule has 0 spiro atoms. The normalized spacial score (nSPS) is 11.4.